The Kier molecular flexibility index (Phi) is 18.3. The van der Waals surface area contributed by atoms with Gasteiger partial charge in [-0.15, -0.1) is 33.7 Å². The first-order chi connectivity index (χ1) is 30.6. The van der Waals surface area contributed by atoms with Gasteiger partial charge in [0.2, 0.25) is 0 Å². The van der Waals surface area contributed by atoms with E-state index in [1.165, 1.54) is 57.6 Å². The molecule has 0 radical (unpaired) electrons. The molecule has 0 amide bonds. The molecule has 1 saturated heterocycles. The summed E-state index contributed by atoms with van der Waals surface area (Å²) in [4.78, 5) is 56.5. The first kappa shape index (κ1) is 51.7. The molecule has 3 aliphatic rings. The maximum Gasteiger partial charge on any atom is 2.00 e. The zero-order valence-corrected chi connectivity index (χ0v) is 42.6. The van der Waals surface area contributed by atoms with Gasteiger partial charge in [-0.2, -0.15) is 22.7 Å². The molecule has 1 fully saturated rings. The number of rotatable bonds is 20. The van der Waals surface area contributed by atoms with Crippen molar-refractivity contribution in [3.63, 3.8) is 0 Å². The van der Waals surface area contributed by atoms with Crippen molar-refractivity contribution in [3.05, 3.63) is 102 Å². The van der Waals surface area contributed by atoms with Gasteiger partial charge in [-0.25, -0.2) is 11.8 Å². The van der Waals surface area contributed by atoms with Crippen LogP contribution in [0.3, 0.4) is 0 Å². The maximum atomic E-state index is 14.4. The van der Waals surface area contributed by atoms with E-state index in [2.05, 4.69) is 55.4 Å². The number of ether oxygens (including phenoxy) is 2. The summed E-state index contributed by atoms with van der Waals surface area (Å²) < 4.78 is 11.0. The van der Waals surface area contributed by atoms with Crippen LogP contribution in [0.4, 0.5) is 0 Å². The molecule has 8 bridgehead atoms. The van der Waals surface area contributed by atoms with E-state index in [4.69, 9.17) is 36.3 Å². The van der Waals surface area contributed by atoms with Crippen LogP contribution in [0.25, 0.3) is 35.2 Å². The van der Waals surface area contributed by atoms with Crippen molar-refractivity contribution in [3.8, 4) is 0 Å². The van der Waals surface area contributed by atoms with Gasteiger partial charge in [-0.3, -0.25) is 21.0 Å². The van der Waals surface area contributed by atoms with Crippen molar-refractivity contribution < 1.29 is 23.9 Å². The number of nitrogens with zero attached hydrogens (tertiary/aromatic N) is 4. The van der Waals surface area contributed by atoms with E-state index in [0.29, 0.717) is 57.5 Å². The van der Waals surface area contributed by atoms with E-state index in [1.54, 1.807) is 6.08 Å². The van der Waals surface area contributed by atoms with Gasteiger partial charge in [0, 0.05) is 12.0 Å². The van der Waals surface area contributed by atoms with Crippen molar-refractivity contribution >= 4 is 70.7 Å². The van der Waals surface area contributed by atoms with Gasteiger partial charge in [-0.1, -0.05) is 133 Å². The summed E-state index contributed by atoms with van der Waals surface area (Å²) in [5, 5.41) is 6.78. The number of carbonyl (C=O) groups is 3. The molecule has 0 aromatic carbocycles. The predicted octanol–water partition coefficient (Wildman–Crippen LogP) is 10.2. The van der Waals surface area contributed by atoms with Crippen molar-refractivity contribution in [2.45, 2.75) is 146 Å². The van der Waals surface area contributed by atoms with Crippen LogP contribution in [0.1, 0.15) is 180 Å². The van der Waals surface area contributed by atoms with Gasteiger partial charge in [0.1, 0.15) is 12.5 Å². The van der Waals surface area contributed by atoms with E-state index >= 15 is 0 Å². The normalized spacial score (nSPS) is 21.7. The minimum Gasteiger partial charge on any atom is -0.674 e. The molecular formula is C55H71MgN4O5-3. The van der Waals surface area contributed by atoms with Gasteiger partial charge >= 0.3 is 35.0 Å². The Labute approximate surface area is 404 Å². The third-order valence-electron chi connectivity index (χ3n) is 14.2. The topological polar surface area (TPSA) is 126 Å². The summed E-state index contributed by atoms with van der Waals surface area (Å²) >= 11 is 0. The van der Waals surface area contributed by atoms with E-state index in [0.717, 1.165) is 69.7 Å². The number of fused-ring (bicyclic) bond motifs is 7. The van der Waals surface area contributed by atoms with Crippen LogP contribution in [0.5, 0.6) is 0 Å². The zero-order chi connectivity index (χ0) is 46.4. The second-order valence-electron chi connectivity index (χ2n) is 19.4. The second kappa shape index (κ2) is 22.9. The Balaban J connectivity index is 0.00000793. The SMILES string of the molecule is [CH-]=Cc1c2[n-]c(c1C)/C=C1\[N-]/C(=C3\c4[n-]c(c(C)c4C(=O)[C@@H]3C(=O)OC)/C=c3\[n-]/c(c(C)c3CC)=C\2)[C@@H](CCC(=O)OC/C=C(\C)CCC[C@H](C)CCC[C@H](C)CCCC(C)C)[C@@H]1C.[Mg+2]. The first-order valence-corrected chi connectivity index (χ1v) is 23.9. The van der Waals surface area contributed by atoms with Crippen LogP contribution < -0.4 is 25.7 Å². The fourth-order valence-corrected chi connectivity index (χ4v) is 10.0. The van der Waals surface area contributed by atoms with Crippen molar-refractivity contribution in [2.24, 2.45) is 35.5 Å². The average molecular weight is 893 g/mol. The molecule has 3 aromatic heterocycles. The Hall–Kier alpha value is -4.28. The fraction of sp³-hybridized carbons (Fsp3) is 0.545. The second-order valence-corrected chi connectivity index (χ2v) is 19.4. The summed E-state index contributed by atoms with van der Waals surface area (Å²) in [6, 6.07) is 0. The Morgan fingerprint density at radius 2 is 1.48 bits per heavy atom. The molecule has 0 saturated carbocycles. The summed E-state index contributed by atoms with van der Waals surface area (Å²) in [6.45, 7) is 28.0. The van der Waals surface area contributed by atoms with Crippen LogP contribution in [0.15, 0.2) is 23.0 Å². The molecule has 1 aliphatic carbocycles. The van der Waals surface area contributed by atoms with Crippen LogP contribution in [0, 0.1) is 62.9 Å². The Morgan fingerprint density at radius 1 is 0.831 bits per heavy atom. The third kappa shape index (κ3) is 11.6. The van der Waals surface area contributed by atoms with Crippen LogP contribution >= 0.6 is 0 Å². The molecule has 5 atom stereocenters. The molecule has 10 heteroatoms. The molecule has 2 aliphatic heterocycles. The van der Waals surface area contributed by atoms with Gasteiger partial charge < -0.3 is 29.7 Å². The van der Waals surface area contributed by atoms with Gasteiger partial charge in [0.15, 0.2) is 5.78 Å². The molecule has 346 valence electrons. The van der Waals surface area contributed by atoms with Crippen molar-refractivity contribution in [1.82, 2.24) is 15.0 Å². The van der Waals surface area contributed by atoms with Crippen LogP contribution in [-0.4, -0.2) is 54.5 Å². The molecule has 3 aromatic rings. The molecule has 65 heavy (non-hydrogen) atoms. The van der Waals surface area contributed by atoms with E-state index < -0.39 is 11.9 Å². The number of hydrogen-bond donors (Lipinski definition) is 0. The van der Waals surface area contributed by atoms with Crippen LogP contribution in [0.2, 0.25) is 0 Å². The number of esters is 2. The molecule has 0 unspecified atom stereocenters. The molecule has 0 spiro atoms. The number of aromatic nitrogens is 3. The third-order valence-corrected chi connectivity index (χ3v) is 14.2. The predicted molar refractivity (Wildman–Crippen MR) is 263 cm³/mol. The van der Waals surface area contributed by atoms with Gasteiger partial charge in [0.25, 0.3) is 0 Å². The zero-order valence-electron chi connectivity index (χ0n) is 41.2. The fourth-order valence-electron chi connectivity index (χ4n) is 10.0. The number of Topliss-reactive ketones (excluding diaryl/α,β-unsaturated/α-hetero) is 1. The van der Waals surface area contributed by atoms with Crippen LogP contribution in [-0.2, 0) is 25.5 Å². The van der Waals surface area contributed by atoms with E-state index in [9.17, 15) is 14.4 Å². The smallest absolute Gasteiger partial charge is 0.674 e. The first-order valence-electron chi connectivity index (χ1n) is 23.9. The van der Waals surface area contributed by atoms with E-state index in [-0.39, 0.29) is 59.7 Å². The monoisotopic (exact) mass is 892 g/mol. The van der Waals surface area contributed by atoms with Crippen molar-refractivity contribution in [2.75, 3.05) is 13.7 Å². The summed E-state index contributed by atoms with van der Waals surface area (Å²) in [5.41, 5.74) is 10.3. The molecule has 0 N–H and O–H groups in total. The number of carbonyl (C=O) groups excluding carboxylic acids is 3. The molecule has 9 nitrogen and oxygen atoms in total. The summed E-state index contributed by atoms with van der Waals surface area (Å²) in [7, 11) is 1.29. The largest absolute Gasteiger partial charge is 2.00 e. The summed E-state index contributed by atoms with van der Waals surface area (Å²) in [6.07, 6.45) is 22.0. The number of ketones is 1. The number of methoxy groups -OCH3 is 1. The minimum absolute atomic E-state index is 0. The van der Waals surface area contributed by atoms with Gasteiger partial charge in [-0.05, 0) is 82.1 Å². The average Bonchev–Trinajstić information content (AvgIpc) is 3.99. The number of allylic oxidation sites excluding steroid dienone is 3. The van der Waals surface area contributed by atoms with Crippen molar-refractivity contribution in [1.29, 1.82) is 0 Å². The Bertz CT molecular complexity index is 2450. The molecule has 5 heterocycles. The minimum atomic E-state index is -1.23. The summed E-state index contributed by atoms with van der Waals surface area (Å²) in [5.74, 6) is -0.774. The molecule has 6 rings (SSSR count). The quantitative estimate of drug-likeness (QED) is 0.0361. The Morgan fingerprint density at radius 3 is 2.12 bits per heavy atom. The van der Waals surface area contributed by atoms with E-state index in [1.807, 2.05) is 38.2 Å². The van der Waals surface area contributed by atoms with Gasteiger partial charge in [0.05, 0.1) is 7.11 Å². The maximum absolute atomic E-state index is 14.4. The number of hydrogen-bond acceptors (Lipinski definition) is 5. The standard InChI is InChI=1S/C55H72N4O5.Mg/c1-13-39-35(8)42-28-44-37(10)41(24-25-48(60)64-27-26-34(7)23-17-22-33(6)21-16-20-32(5)19-15-18-31(3)4)52(58-44)50-51(55(62)63-12)54(61)49-38(11)45(59-53(49)50)30-47-40(14-2)36(9)43(57-47)29-46(39)56-42;/h1,13,26,28-33,37,41,51H,14-25,27H2,2-12H3,(H-,58,59,61);/q-4;+2/p-1/b34-26+,43-29-,44-28-,47-30-;/t32-,33-,37+,41+,51-;/m1./s1. The molecular weight excluding hydrogens is 821 g/mol.